The van der Waals surface area contributed by atoms with Crippen LogP contribution in [0, 0.1) is 11.3 Å². The van der Waals surface area contributed by atoms with Crippen LogP contribution in [-0.4, -0.2) is 10.9 Å². The van der Waals surface area contributed by atoms with E-state index in [1.165, 1.54) is 6.92 Å². The first-order valence-electron chi connectivity index (χ1n) is 6.33. The fourth-order valence-electron chi connectivity index (χ4n) is 2.56. The molecule has 0 bridgehead atoms. The van der Waals surface area contributed by atoms with Crippen LogP contribution in [0.1, 0.15) is 53.9 Å². The fourth-order valence-corrected chi connectivity index (χ4v) is 2.56. The summed E-state index contributed by atoms with van der Waals surface area (Å²) in [7, 11) is 0. The Bertz CT molecular complexity index is 363. The minimum absolute atomic E-state index is 0.0366. The van der Waals surface area contributed by atoms with Crippen LogP contribution in [-0.2, 0) is 4.79 Å². The van der Waals surface area contributed by atoms with E-state index in [0.717, 1.165) is 24.8 Å². The van der Waals surface area contributed by atoms with Crippen molar-refractivity contribution in [2.45, 2.75) is 53.9 Å². The molecular formula is C15H24O2. The third-order valence-electron chi connectivity index (χ3n) is 3.67. The lowest BCUT2D eigenvalue weighted by molar-refractivity contribution is -0.113. The summed E-state index contributed by atoms with van der Waals surface area (Å²) in [5, 5.41) is 9.58. The van der Waals surface area contributed by atoms with E-state index in [0.29, 0.717) is 16.9 Å². The van der Waals surface area contributed by atoms with E-state index in [4.69, 9.17) is 0 Å². The number of hydrogen-bond acceptors (Lipinski definition) is 2. The van der Waals surface area contributed by atoms with Gasteiger partial charge >= 0.3 is 0 Å². The molecule has 2 nitrogen and oxygen atoms in total. The molecule has 1 unspecified atom stereocenters. The van der Waals surface area contributed by atoms with E-state index in [1.807, 2.05) is 0 Å². The van der Waals surface area contributed by atoms with Crippen LogP contribution in [0.5, 0.6) is 0 Å². The van der Waals surface area contributed by atoms with Gasteiger partial charge in [0.15, 0.2) is 5.78 Å². The van der Waals surface area contributed by atoms with E-state index in [2.05, 4.69) is 26.8 Å². The Hall–Kier alpha value is -1.05. The van der Waals surface area contributed by atoms with Crippen LogP contribution >= 0.6 is 0 Å². The third kappa shape index (κ3) is 3.45. The summed E-state index contributed by atoms with van der Waals surface area (Å²) in [6, 6.07) is 0. The van der Waals surface area contributed by atoms with Gasteiger partial charge in [-0.05, 0) is 50.0 Å². The standard InChI is InChI=1S/C15H24O2/c1-10(16)14(11(2)17)12-6-8-13(9-7-12)15(3,4)5/h6,13,16H,7-9H2,1-5H3/b14-10+. The lowest BCUT2D eigenvalue weighted by Crippen LogP contribution is -2.23. The normalized spacial score (nSPS) is 22.9. The van der Waals surface area contributed by atoms with Gasteiger partial charge in [0.05, 0.1) is 5.57 Å². The van der Waals surface area contributed by atoms with Crippen LogP contribution in [0.4, 0.5) is 0 Å². The lowest BCUT2D eigenvalue weighted by Gasteiger charge is -2.33. The van der Waals surface area contributed by atoms with Crippen molar-refractivity contribution in [2.75, 3.05) is 0 Å². The zero-order valence-electron chi connectivity index (χ0n) is 11.6. The molecule has 0 aromatic rings. The smallest absolute Gasteiger partial charge is 0.163 e. The maximum atomic E-state index is 11.5. The minimum Gasteiger partial charge on any atom is -0.512 e. The summed E-state index contributed by atoms with van der Waals surface area (Å²) in [6.07, 6.45) is 5.13. The number of Topliss-reactive ketones (excluding diaryl/α,β-unsaturated/α-hetero) is 1. The van der Waals surface area contributed by atoms with Gasteiger partial charge in [0, 0.05) is 0 Å². The summed E-state index contributed by atoms with van der Waals surface area (Å²) in [4.78, 5) is 11.5. The zero-order valence-corrected chi connectivity index (χ0v) is 11.6. The second-order valence-corrected chi connectivity index (χ2v) is 6.08. The number of carbonyl (C=O) groups excluding carboxylic acids is 1. The largest absolute Gasteiger partial charge is 0.512 e. The Morgan fingerprint density at radius 2 is 1.94 bits per heavy atom. The number of hydrogen-bond donors (Lipinski definition) is 1. The second-order valence-electron chi connectivity index (χ2n) is 6.08. The van der Waals surface area contributed by atoms with Crippen molar-refractivity contribution >= 4 is 5.78 Å². The van der Waals surface area contributed by atoms with Crippen molar-refractivity contribution in [1.82, 2.24) is 0 Å². The molecule has 0 radical (unpaired) electrons. The highest BCUT2D eigenvalue weighted by molar-refractivity contribution is 5.98. The van der Waals surface area contributed by atoms with Crippen LogP contribution < -0.4 is 0 Å². The lowest BCUT2D eigenvalue weighted by atomic mass is 9.72. The van der Waals surface area contributed by atoms with Gasteiger partial charge < -0.3 is 5.11 Å². The molecule has 1 aliphatic carbocycles. The van der Waals surface area contributed by atoms with Gasteiger partial charge in [-0.1, -0.05) is 26.8 Å². The minimum atomic E-state index is -0.0366. The average Bonchev–Trinajstić information content (AvgIpc) is 2.15. The topological polar surface area (TPSA) is 37.3 Å². The van der Waals surface area contributed by atoms with Gasteiger partial charge in [-0.15, -0.1) is 0 Å². The summed E-state index contributed by atoms with van der Waals surface area (Å²) in [5.41, 5.74) is 1.87. The van der Waals surface area contributed by atoms with E-state index in [9.17, 15) is 9.90 Å². The molecule has 1 aliphatic rings. The van der Waals surface area contributed by atoms with Gasteiger partial charge in [-0.2, -0.15) is 0 Å². The summed E-state index contributed by atoms with van der Waals surface area (Å²) >= 11 is 0. The summed E-state index contributed by atoms with van der Waals surface area (Å²) in [5.74, 6) is 0.780. The molecule has 0 aromatic heterocycles. The SMILES string of the molecule is CC(=O)/C(C1=CCC(C(C)(C)C)CC1)=C(/C)O. The van der Waals surface area contributed by atoms with Crippen LogP contribution in [0.25, 0.3) is 0 Å². The number of aliphatic hydroxyl groups is 1. The van der Waals surface area contributed by atoms with Crippen molar-refractivity contribution in [3.05, 3.63) is 23.0 Å². The summed E-state index contributed by atoms with van der Waals surface area (Å²) < 4.78 is 0. The molecule has 0 aromatic carbocycles. The number of aliphatic hydroxyl groups excluding tert-OH is 1. The molecule has 96 valence electrons. The second kappa shape index (κ2) is 5.07. The molecule has 0 heterocycles. The first kappa shape index (κ1) is 14.0. The maximum absolute atomic E-state index is 11.5. The van der Waals surface area contributed by atoms with Gasteiger partial charge in [-0.3, -0.25) is 4.79 Å². The molecule has 0 fully saturated rings. The highest BCUT2D eigenvalue weighted by atomic mass is 16.3. The molecule has 0 amide bonds. The number of carbonyl (C=O) groups is 1. The maximum Gasteiger partial charge on any atom is 0.163 e. The highest BCUT2D eigenvalue weighted by Gasteiger charge is 2.28. The molecule has 1 atom stereocenters. The molecule has 0 saturated heterocycles. The first-order chi connectivity index (χ1) is 7.73. The van der Waals surface area contributed by atoms with Crippen LogP contribution in [0.15, 0.2) is 23.0 Å². The Morgan fingerprint density at radius 1 is 1.35 bits per heavy atom. The Morgan fingerprint density at radius 3 is 2.24 bits per heavy atom. The molecule has 1 N–H and O–H groups in total. The summed E-state index contributed by atoms with van der Waals surface area (Å²) in [6.45, 7) is 9.89. The molecule has 17 heavy (non-hydrogen) atoms. The van der Waals surface area contributed by atoms with Crippen molar-refractivity contribution in [3.63, 3.8) is 0 Å². The predicted molar refractivity (Wildman–Crippen MR) is 70.9 cm³/mol. The molecule has 1 rings (SSSR count). The highest BCUT2D eigenvalue weighted by Crippen LogP contribution is 2.39. The number of ketones is 1. The van der Waals surface area contributed by atoms with Gasteiger partial charge in [0.25, 0.3) is 0 Å². The van der Waals surface area contributed by atoms with Crippen LogP contribution in [0.2, 0.25) is 0 Å². The van der Waals surface area contributed by atoms with Gasteiger partial charge in [-0.25, -0.2) is 0 Å². The van der Waals surface area contributed by atoms with E-state index in [1.54, 1.807) is 6.92 Å². The van der Waals surface area contributed by atoms with Crippen molar-refractivity contribution < 1.29 is 9.90 Å². The molecular weight excluding hydrogens is 212 g/mol. The molecule has 0 saturated carbocycles. The number of rotatable bonds is 2. The van der Waals surface area contributed by atoms with E-state index < -0.39 is 0 Å². The Kier molecular flexibility index (Phi) is 4.18. The van der Waals surface area contributed by atoms with Crippen LogP contribution in [0.3, 0.4) is 0 Å². The fraction of sp³-hybridized carbons (Fsp3) is 0.667. The predicted octanol–water partition coefficient (Wildman–Crippen LogP) is 4.18. The monoisotopic (exact) mass is 236 g/mol. The molecule has 0 aliphatic heterocycles. The van der Waals surface area contributed by atoms with Gasteiger partial charge in [0.1, 0.15) is 5.76 Å². The molecule has 2 heteroatoms. The third-order valence-corrected chi connectivity index (χ3v) is 3.67. The van der Waals surface area contributed by atoms with Crippen molar-refractivity contribution in [2.24, 2.45) is 11.3 Å². The van der Waals surface area contributed by atoms with Crippen molar-refractivity contribution in [3.8, 4) is 0 Å². The Labute approximate surface area is 104 Å². The van der Waals surface area contributed by atoms with E-state index in [-0.39, 0.29) is 11.5 Å². The van der Waals surface area contributed by atoms with E-state index >= 15 is 0 Å². The average molecular weight is 236 g/mol. The number of allylic oxidation sites excluding steroid dienone is 4. The first-order valence-corrected chi connectivity index (χ1v) is 6.33. The molecule has 0 spiro atoms. The van der Waals surface area contributed by atoms with Crippen molar-refractivity contribution in [1.29, 1.82) is 0 Å². The zero-order chi connectivity index (χ0) is 13.2. The quantitative estimate of drug-likeness (QED) is 0.577. The van der Waals surface area contributed by atoms with Gasteiger partial charge in [0.2, 0.25) is 0 Å². The Balaban J connectivity index is 2.89.